The molecular formula is C14H17N5O. The van der Waals surface area contributed by atoms with E-state index in [0.717, 1.165) is 24.5 Å². The van der Waals surface area contributed by atoms with Crippen LogP contribution in [-0.2, 0) is 4.79 Å². The minimum atomic E-state index is 0.0128. The molecule has 0 bridgehead atoms. The van der Waals surface area contributed by atoms with Crippen LogP contribution in [-0.4, -0.2) is 33.8 Å². The molecule has 0 aliphatic carbocycles. The first-order chi connectivity index (χ1) is 9.75. The van der Waals surface area contributed by atoms with Gasteiger partial charge < -0.3 is 10.6 Å². The molecule has 1 aromatic carbocycles. The van der Waals surface area contributed by atoms with Crippen molar-refractivity contribution in [3.8, 4) is 5.69 Å². The summed E-state index contributed by atoms with van der Waals surface area (Å²) in [6.07, 6.45) is 3.09. The quantitative estimate of drug-likeness (QED) is 0.875. The zero-order chi connectivity index (χ0) is 13.9. The Morgan fingerprint density at radius 3 is 2.95 bits per heavy atom. The number of nitrogens with one attached hydrogen (secondary N) is 2. The van der Waals surface area contributed by atoms with E-state index in [1.54, 1.807) is 11.0 Å². The Balaban J connectivity index is 1.83. The number of hydrogen-bond acceptors (Lipinski definition) is 4. The van der Waals surface area contributed by atoms with Crippen molar-refractivity contribution in [2.45, 2.75) is 6.92 Å². The molecule has 6 heteroatoms. The van der Waals surface area contributed by atoms with Crippen molar-refractivity contribution in [3.63, 3.8) is 0 Å². The van der Waals surface area contributed by atoms with Crippen LogP contribution in [0.3, 0.4) is 0 Å². The van der Waals surface area contributed by atoms with Crippen LogP contribution in [0.15, 0.2) is 36.9 Å². The van der Waals surface area contributed by atoms with Gasteiger partial charge in [0, 0.05) is 6.54 Å². The highest BCUT2D eigenvalue weighted by atomic mass is 16.2. The molecule has 0 spiro atoms. The van der Waals surface area contributed by atoms with E-state index < -0.39 is 0 Å². The summed E-state index contributed by atoms with van der Waals surface area (Å²) >= 11 is 0. The molecule has 2 atom stereocenters. The summed E-state index contributed by atoms with van der Waals surface area (Å²) in [6.45, 7) is 3.72. The number of benzene rings is 1. The Morgan fingerprint density at radius 2 is 2.25 bits per heavy atom. The third kappa shape index (κ3) is 2.42. The molecule has 0 radical (unpaired) electrons. The first-order valence-electron chi connectivity index (χ1n) is 6.71. The van der Waals surface area contributed by atoms with Gasteiger partial charge in [0.2, 0.25) is 5.91 Å². The van der Waals surface area contributed by atoms with Crippen molar-refractivity contribution in [2.24, 2.45) is 11.8 Å². The number of anilines is 1. The fourth-order valence-corrected chi connectivity index (χ4v) is 2.50. The zero-order valence-corrected chi connectivity index (χ0v) is 11.3. The molecule has 1 amide bonds. The number of carbonyl (C=O) groups is 1. The SMILES string of the molecule is CC1CNCC1C(=O)Nc1ccccc1-n1cncn1. The number of carbonyl (C=O) groups excluding carboxylic acids is 1. The van der Waals surface area contributed by atoms with Crippen LogP contribution in [0, 0.1) is 11.8 Å². The van der Waals surface area contributed by atoms with E-state index in [1.807, 2.05) is 24.3 Å². The standard InChI is InChI=1S/C14H17N5O/c1-10-6-15-7-11(10)14(20)18-12-4-2-3-5-13(12)19-9-16-8-17-19/h2-5,8-11,15H,6-7H2,1H3,(H,18,20). The topological polar surface area (TPSA) is 71.8 Å². The van der Waals surface area contributed by atoms with Gasteiger partial charge in [0.25, 0.3) is 0 Å². The predicted molar refractivity (Wildman–Crippen MR) is 75.5 cm³/mol. The number of rotatable bonds is 3. The van der Waals surface area contributed by atoms with E-state index in [4.69, 9.17) is 0 Å². The maximum Gasteiger partial charge on any atom is 0.229 e. The number of amides is 1. The van der Waals surface area contributed by atoms with E-state index in [2.05, 4.69) is 27.6 Å². The van der Waals surface area contributed by atoms with Crippen LogP contribution < -0.4 is 10.6 Å². The zero-order valence-electron chi connectivity index (χ0n) is 11.3. The fourth-order valence-electron chi connectivity index (χ4n) is 2.50. The normalized spacial score (nSPS) is 21.9. The minimum absolute atomic E-state index is 0.0128. The molecule has 1 saturated heterocycles. The maximum atomic E-state index is 12.4. The monoisotopic (exact) mass is 271 g/mol. The number of nitrogens with zero attached hydrogens (tertiary/aromatic N) is 3. The molecule has 2 N–H and O–H groups in total. The highest BCUT2D eigenvalue weighted by Gasteiger charge is 2.29. The Morgan fingerprint density at radius 1 is 1.40 bits per heavy atom. The van der Waals surface area contributed by atoms with Gasteiger partial charge in [-0.15, -0.1) is 0 Å². The van der Waals surface area contributed by atoms with Gasteiger partial charge in [-0.25, -0.2) is 9.67 Å². The highest BCUT2D eigenvalue weighted by Crippen LogP contribution is 2.22. The van der Waals surface area contributed by atoms with Crippen molar-refractivity contribution in [2.75, 3.05) is 18.4 Å². The lowest BCUT2D eigenvalue weighted by Gasteiger charge is -2.16. The van der Waals surface area contributed by atoms with Crippen LogP contribution >= 0.6 is 0 Å². The molecule has 2 heterocycles. The van der Waals surface area contributed by atoms with Crippen molar-refractivity contribution >= 4 is 11.6 Å². The predicted octanol–water partition coefficient (Wildman–Crippen LogP) is 1.06. The Hall–Kier alpha value is -2.21. The summed E-state index contributed by atoms with van der Waals surface area (Å²) in [5.41, 5.74) is 1.57. The van der Waals surface area contributed by atoms with E-state index in [0.29, 0.717) is 5.92 Å². The average molecular weight is 271 g/mol. The first-order valence-corrected chi connectivity index (χ1v) is 6.71. The summed E-state index contributed by atoms with van der Waals surface area (Å²) in [4.78, 5) is 16.3. The van der Waals surface area contributed by atoms with Gasteiger partial charge in [0.05, 0.1) is 17.3 Å². The van der Waals surface area contributed by atoms with Gasteiger partial charge in [-0.05, 0) is 24.6 Å². The van der Waals surface area contributed by atoms with E-state index in [1.165, 1.54) is 6.33 Å². The van der Waals surface area contributed by atoms with Crippen molar-refractivity contribution < 1.29 is 4.79 Å². The van der Waals surface area contributed by atoms with Crippen molar-refractivity contribution in [1.29, 1.82) is 0 Å². The third-order valence-electron chi connectivity index (χ3n) is 3.68. The largest absolute Gasteiger partial charge is 0.324 e. The number of aromatic nitrogens is 3. The summed E-state index contributed by atoms with van der Waals surface area (Å²) < 4.78 is 1.64. The molecule has 1 aliphatic heterocycles. The van der Waals surface area contributed by atoms with Gasteiger partial charge >= 0.3 is 0 Å². The van der Waals surface area contributed by atoms with Crippen LogP contribution in [0.25, 0.3) is 5.69 Å². The van der Waals surface area contributed by atoms with Crippen LogP contribution in [0.2, 0.25) is 0 Å². The second-order valence-electron chi connectivity index (χ2n) is 5.09. The molecule has 6 nitrogen and oxygen atoms in total. The highest BCUT2D eigenvalue weighted by molar-refractivity contribution is 5.94. The van der Waals surface area contributed by atoms with Gasteiger partial charge in [-0.1, -0.05) is 19.1 Å². The van der Waals surface area contributed by atoms with Gasteiger partial charge in [-0.2, -0.15) is 5.10 Å². The maximum absolute atomic E-state index is 12.4. The smallest absolute Gasteiger partial charge is 0.229 e. The third-order valence-corrected chi connectivity index (χ3v) is 3.68. The molecule has 1 aromatic heterocycles. The lowest BCUT2D eigenvalue weighted by atomic mass is 9.97. The Kier molecular flexibility index (Phi) is 3.47. The van der Waals surface area contributed by atoms with E-state index in [-0.39, 0.29) is 11.8 Å². The Labute approximate surface area is 117 Å². The lowest BCUT2D eigenvalue weighted by molar-refractivity contribution is -0.120. The summed E-state index contributed by atoms with van der Waals surface area (Å²) in [6, 6.07) is 7.58. The summed E-state index contributed by atoms with van der Waals surface area (Å²) in [5, 5.41) is 10.4. The molecule has 20 heavy (non-hydrogen) atoms. The second-order valence-corrected chi connectivity index (χ2v) is 5.09. The van der Waals surface area contributed by atoms with E-state index in [9.17, 15) is 4.79 Å². The molecule has 3 rings (SSSR count). The minimum Gasteiger partial charge on any atom is -0.324 e. The van der Waals surface area contributed by atoms with Crippen molar-refractivity contribution in [3.05, 3.63) is 36.9 Å². The molecule has 0 saturated carbocycles. The number of para-hydroxylation sites is 2. The van der Waals surface area contributed by atoms with E-state index >= 15 is 0 Å². The lowest BCUT2D eigenvalue weighted by Crippen LogP contribution is -2.28. The van der Waals surface area contributed by atoms with Crippen LogP contribution in [0.1, 0.15) is 6.92 Å². The first kappa shape index (κ1) is 12.8. The average Bonchev–Trinajstić information content (AvgIpc) is 3.10. The van der Waals surface area contributed by atoms with Crippen molar-refractivity contribution in [1.82, 2.24) is 20.1 Å². The molecule has 1 aliphatic rings. The molecule has 2 unspecified atom stereocenters. The Bertz CT molecular complexity index is 595. The fraction of sp³-hybridized carbons (Fsp3) is 0.357. The van der Waals surface area contributed by atoms with Gasteiger partial charge in [0.15, 0.2) is 0 Å². The van der Waals surface area contributed by atoms with Gasteiger partial charge in [0.1, 0.15) is 12.7 Å². The second kappa shape index (κ2) is 5.42. The van der Waals surface area contributed by atoms with Crippen LogP contribution in [0.4, 0.5) is 5.69 Å². The molecule has 2 aromatic rings. The summed E-state index contributed by atoms with van der Waals surface area (Å²) in [7, 11) is 0. The number of hydrogen-bond donors (Lipinski definition) is 2. The summed E-state index contributed by atoms with van der Waals surface area (Å²) in [5.74, 6) is 0.419. The molecule has 1 fully saturated rings. The molecule has 104 valence electrons. The van der Waals surface area contributed by atoms with Gasteiger partial charge in [-0.3, -0.25) is 4.79 Å². The molecular weight excluding hydrogens is 254 g/mol. The van der Waals surface area contributed by atoms with Crippen LogP contribution in [0.5, 0.6) is 0 Å².